The molecule has 0 aliphatic heterocycles. The smallest absolute Gasteiger partial charge is 0.305 e. The number of esters is 1. The number of carbonyl (C=O) groups excluding carboxylic acids is 2. The van der Waals surface area contributed by atoms with E-state index in [0.29, 0.717) is 19.4 Å². The van der Waals surface area contributed by atoms with E-state index in [-0.39, 0.29) is 18.5 Å². The van der Waals surface area contributed by atoms with Gasteiger partial charge in [0.1, 0.15) is 0 Å². The summed E-state index contributed by atoms with van der Waals surface area (Å²) in [5, 5.41) is 23.3. The fourth-order valence-electron chi connectivity index (χ4n) is 12.0. The molecule has 2 atom stereocenters. The number of ether oxygens (including phenoxy) is 1. The molecular formula is C76H147NO5. The molecule has 6 heteroatoms. The van der Waals surface area contributed by atoms with E-state index >= 15 is 0 Å². The van der Waals surface area contributed by atoms with Crippen molar-refractivity contribution < 1.29 is 24.5 Å². The molecule has 3 N–H and O–H groups in total. The number of rotatable bonds is 71. The van der Waals surface area contributed by atoms with Crippen molar-refractivity contribution in [1.82, 2.24) is 5.32 Å². The first-order chi connectivity index (χ1) is 40.5. The van der Waals surface area contributed by atoms with Crippen LogP contribution in [0.25, 0.3) is 0 Å². The molecule has 0 fully saturated rings. The first-order valence-electron chi connectivity index (χ1n) is 37.6. The number of aliphatic hydroxyl groups excluding tert-OH is 2. The van der Waals surface area contributed by atoms with E-state index in [1.807, 2.05) is 6.08 Å². The summed E-state index contributed by atoms with van der Waals surface area (Å²) in [6, 6.07) is -0.625. The minimum absolute atomic E-state index is 0.0110. The fourth-order valence-corrected chi connectivity index (χ4v) is 12.0. The maximum absolute atomic E-state index is 12.5. The van der Waals surface area contributed by atoms with E-state index in [4.69, 9.17) is 4.74 Å². The molecule has 0 bridgehead atoms. The lowest BCUT2D eigenvalue weighted by Gasteiger charge is -2.20. The van der Waals surface area contributed by atoms with Gasteiger partial charge in [-0.3, -0.25) is 9.59 Å². The molecule has 0 radical (unpaired) electrons. The van der Waals surface area contributed by atoms with Gasteiger partial charge in [-0.1, -0.05) is 378 Å². The fraction of sp³-hybridized carbons (Fsp3) is 0.921. The minimum Gasteiger partial charge on any atom is -0.466 e. The van der Waals surface area contributed by atoms with Gasteiger partial charge in [0.2, 0.25) is 5.91 Å². The van der Waals surface area contributed by atoms with Gasteiger partial charge in [-0.2, -0.15) is 0 Å². The third-order valence-corrected chi connectivity index (χ3v) is 17.7. The molecule has 1 amide bonds. The molecule has 6 nitrogen and oxygen atoms in total. The summed E-state index contributed by atoms with van der Waals surface area (Å²) >= 11 is 0. The highest BCUT2D eigenvalue weighted by atomic mass is 16.5. The topological polar surface area (TPSA) is 95.9 Å². The van der Waals surface area contributed by atoms with Gasteiger partial charge in [0, 0.05) is 12.8 Å². The quantitative estimate of drug-likeness (QED) is 0.0320. The Balaban J connectivity index is 3.36. The second-order valence-corrected chi connectivity index (χ2v) is 26.0. The average Bonchev–Trinajstić information content (AvgIpc) is 3.48. The Kier molecular flexibility index (Phi) is 70.4. The average molecular weight is 1160 g/mol. The Labute approximate surface area is 513 Å². The minimum atomic E-state index is -0.842. The van der Waals surface area contributed by atoms with Crippen molar-refractivity contribution >= 4 is 11.9 Å². The zero-order valence-corrected chi connectivity index (χ0v) is 55.8. The largest absolute Gasteiger partial charge is 0.466 e. The zero-order valence-electron chi connectivity index (χ0n) is 55.8. The van der Waals surface area contributed by atoms with Crippen LogP contribution in [0.3, 0.4) is 0 Å². The number of unbranched alkanes of at least 4 members (excludes halogenated alkanes) is 58. The third-order valence-electron chi connectivity index (χ3n) is 17.7. The molecule has 0 heterocycles. The molecule has 0 saturated carbocycles. The Morgan fingerprint density at radius 3 is 0.890 bits per heavy atom. The highest BCUT2D eigenvalue weighted by Gasteiger charge is 2.18. The van der Waals surface area contributed by atoms with Gasteiger partial charge in [-0.25, -0.2) is 0 Å². The highest BCUT2D eigenvalue weighted by Crippen LogP contribution is 2.20. The molecule has 82 heavy (non-hydrogen) atoms. The standard InChI is InChI=1S/C76H147NO5/c1-3-5-7-9-11-13-15-17-18-19-20-21-33-36-39-42-45-48-52-56-60-64-68-74(79)73(72-78)77-75(80)69-65-61-57-53-49-46-43-40-37-34-31-29-27-25-23-22-24-26-28-30-32-35-38-41-44-47-51-55-59-63-67-71-82-76(81)70-66-62-58-54-50-16-14-12-10-8-6-4-2/h12,14,64,68,73-74,78-79H,3-11,13,15-63,65-67,69-72H2,1-2H3,(H,77,80)/b14-12-,68-64+. The summed E-state index contributed by atoms with van der Waals surface area (Å²) in [7, 11) is 0. The molecule has 0 aliphatic carbocycles. The number of hydrogen-bond donors (Lipinski definition) is 3. The van der Waals surface area contributed by atoms with Crippen molar-refractivity contribution in [3.8, 4) is 0 Å². The van der Waals surface area contributed by atoms with Gasteiger partial charge in [-0.05, 0) is 57.8 Å². The van der Waals surface area contributed by atoms with E-state index in [1.165, 1.54) is 353 Å². The molecule has 0 aromatic heterocycles. The lowest BCUT2D eigenvalue weighted by atomic mass is 10.0. The Morgan fingerprint density at radius 1 is 0.329 bits per heavy atom. The lowest BCUT2D eigenvalue weighted by Crippen LogP contribution is -2.45. The third kappa shape index (κ3) is 67.5. The van der Waals surface area contributed by atoms with Crippen LogP contribution in [-0.4, -0.2) is 47.4 Å². The normalized spacial score (nSPS) is 12.6. The van der Waals surface area contributed by atoms with Crippen LogP contribution < -0.4 is 5.32 Å². The van der Waals surface area contributed by atoms with Crippen molar-refractivity contribution in [3.05, 3.63) is 24.3 Å². The second-order valence-electron chi connectivity index (χ2n) is 26.0. The summed E-state index contributed by atoms with van der Waals surface area (Å²) in [5.74, 6) is -0.0481. The molecule has 0 aromatic rings. The zero-order chi connectivity index (χ0) is 59.2. The van der Waals surface area contributed by atoms with Gasteiger partial charge in [-0.15, -0.1) is 0 Å². The highest BCUT2D eigenvalue weighted by molar-refractivity contribution is 5.76. The van der Waals surface area contributed by atoms with Gasteiger partial charge in [0.05, 0.1) is 25.4 Å². The Bertz CT molecular complexity index is 1280. The number of carbonyl (C=O) groups is 2. The predicted molar refractivity (Wildman–Crippen MR) is 361 cm³/mol. The van der Waals surface area contributed by atoms with Crippen LogP contribution in [0.1, 0.15) is 425 Å². The summed E-state index contributed by atoms with van der Waals surface area (Å²) in [5.41, 5.74) is 0. The van der Waals surface area contributed by atoms with Gasteiger partial charge in [0.15, 0.2) is 0 Å². The summed E-state index contributed by atoms with van der Waals surface area (Å²) in [4.78, 5) is 24.6. The van der Waals surface area contributed by atoms with E-state index in [1.54, 1.807) is 6.08 Å². The number of amides is 1. The van der Waals surface area contributed by atoms with Crippen molar-refractivity contribution in [2.45, 2.75) is 437 Å². The van der Waals surface area contributed by atoms with Gasteiger partial charge < -0.3 is 20.3 Å². The number of allylic oxidation sites excluding steroid dienone is 3. The second kappa shape index (κ2) is 71.8. The molecule has 2 unspecified atom stereocenters. The lowest BCUT2D eigenvalue weighted by molar-refractivity contribution is -0.143. The molecule has 0 spiro atoms. The molecule has 0 saturated heterocycles. The molecule has 0 aromatic carbocycles. The van der Waals surface area contributed by atoms with E-state index in [2.05, 4.69) is 31.3 Å². The monoisotopic (exact) mass is 1150 g/mol. The first-order valence-corrected chi connectivity index (χ1v) is 37.6. The van der Waals surface area contributed by atoms with E-state index < -0.39 is 12.1 Å². The predicted octanol–water partition coefficient (Wildman–Crippen LogP) is 24.5. The van der Waals surface area contributed by atoms with Crippen molar-refractivity contribution in [1.29, 1.82) is 0 Å². The summed E-state index contributed by atoms with van der Waals surface area (Å²) in [6.45, 7) is 4.92. The van der Waals surface area contributed by atoms with Crippen LogP contribution in [0.15, 0.2) is 24.3 Å². The molecular weight excluding hydrogens is 1010 g/mol. The van der Waals surface area contributed by atoms with Gasteiger partial charge >= 0.3 is 5.97 Å². The van der Waals surface area contributed by atoms with Crippen LogP contribution in [0.5, 0.6) is 0 Å². The van der Waals surface area contributed by atoms with Crippen LogP contribution >= 0.6 is 0 Å². The van der Waals surface area contributed by atoms with Gasteiger partial charge in [0.25, 0.3) is 0 Å². The van der Waals surface area contributed by atoms with Crippen molar-refractivity contribution in [2.24, 2.45) is 0 Å². The summed E-state index contributed by atoms with van der Waals surface area (Å²) in [6.07, 6.45) is 91.4. The van der Waals surface area contributed by atoms with Crippen molar-refractivity contribution in [3.63, 3.8) is 0 Å². The Hall–Kier alpha value is -1.66. The first kappa shape index (κ1) is 80.3. The van der Waals surface area contributed by atoms with Crippen LogP contribution in [-0.2, 0) is 14.3 Å². The Morgan fingerprint density at radius 2 is 0.573 bits per heavy atom. The van der Waals surface area contributed by atoms with E-state index in [9.17, 15) is 19.8 Å². The van der Waals surface area contributed by atoms with Crippen molar-refractivity contribution in [2.75, 3.05) is 13.2 Å². The maximum atomic E-state index is 12.5. The molecule has 486 valence electrons. The SMILES string of the molecule is CCCCC/C=C\CCCCCCCC(=O)OCCCCCCCCCCCCCCCCCCCCCCCCCCCCCCCCCC(=O)NC(CO)C(O)/C=C/CCCCCCCCCCCCCCCCCCCCCC. The van der Waals surface area contributed by atoms with Crippen LogP contribution in [0.2, 0.25) is 0 Å². The number of aliphatic hydroxyl groups is 2. The number of hydrogen-bond acceptors (Lipinski definition) is 5. The van der Waals surface area contributed by atoms with Crippen LogP contribution in [0, 0.1) is 0 Å². The van der Waals surface area contributed by atoms with Crippen LogP contribution in [0.4, 0.5) is 0 Å². The number of nitrogens with one attached hydrogen (secondary N) is 1. The molecule has 0 rings (SSSR count). The van der Waals surface area contributed by atoms with E-state index in [0.717, 1.165) is 44.9 Å². The molecule has 0 aliphatic rings. The maximum Gasteiger partial charge on any atom is 0.305 e. The summed E-state index contributed by atoms with van der Waals surface area (Å²) < 4.78 is 5.48.